The second-order valence-corrected chi connectivity index (χ2v) is 1.98. The number of hydrogen-bond acceptors (Lipinski definition) is 5. The fraction of sp³-hybridized carbons (Fsp3) is 0. The summed E-state index contributed by atoms with van der Waals surface area (Å²) in [6.45, 7) is 0. The maximum Gasteiger partial charge on any atom is 0.348 e. The summed E-state index contributed by atoms with van der Waals surface area (Å²) in [6, 6.07) is 0. The van der Waals surface area contributed by atoms with E-state index in [1.165, 1.54) is 0 Å². The van der Waals surface area contributed by atoms with Crippen LogP contribution in [0.3, 0.4) is 0 Å². The van der Waals surface area contributed by atoms with E-state index in [2.05, 4.69) is 15.3 Å². The maximum absolute atomic E-state index is 10.6. The van der Waals surface area contributed by atoms with Gasteiger partial charge in [-0.3, -0.25) is 9.78 Å². The van der Waals surface area contributed by atoms with Crippen molar-refractivity contribution >= 4 is 23.7 Å². The summed E-state index contributed by atoms with van der Waals surface area (Å²) in [6.07, 6.45) is 0.391. The number of carbonyl (C=O) groups is 1. The Balaban J connectivity index is 3.27. The number of carbonyl (C=O) groups excluding carboxylic acids is 1. The van der Waals surface area contributed by atoms with E-state index >= 15 is 0 Å². The fourth-order valence-corrected chi connectivity index (χ4v) is 0.720. The minimum Gasteiger partial charge on any atom is -0.383 e. The molecule has 0 radical (unpaired) electrons. The third-order valence-electron chi connectivity index (χ3n) is 1.19. The van der Waals surface area contributed by atoms with E-state index in [1.807, 2.05) is 0 Å². The monoisotopic (exact) mass is 169 g/mol. The lowest BCUT2D eigenvalue weighted by Crippen LogP contribution is -2.17. The number of nitrogens with two attached hydrogens (primary N) is 2. The largest absolute Gasteiger partial charge is 0.383 e. The van der Waals surface area contributed by atoms with E-state index in [1.54, 1.807) is 0 Å². The first kappa shape index (κ1) is 8.05. The predicted molar refractivity (Wildman–Crippen MR) is 43.4 cm³/mol. The summed E-state index contributed by atoms with van der Waals surface area (Å²) in [7, 11) is 0. The second-order valence-electron chi connectivity index (χ2n) is 1.98. The van der Waals surface area contributed by atoms with Crippen LogP contribution >= 0.6 is 0 Å². The summed E-state index contributed by atoms with van der Waals surface area (Å²) in [5, 5.41) is 2.21. The number of amides is 1. The van der Waals surface area contributed by atoms with Crippen LogP contribution < -0.4 is 22.5 Å². The van der Waals surface area contributed by atoms with Crippen molar-refractivity contribution in [3.05, 3.63) is 10.5 Å². The Bertz CT molecular complexity index is 331. The van der Waals surface area contributed by atoms with Crippen molar-refractivity contribution in [2.24, 2.45) is 0 Å². The predicted octanol–water partition coefficient (Wildman–Crippen LogP) is -1.50. The Hall–Kier alpha value is -2.05. The molecule has 1 rings (SSSR count). The highest BCUT2D eigenvalue weighted by molar-refractivity contribution is 5.84. The molecule has 0 spiro atoms. The molecule has 0 fully saturated rings. The van der Waals surface area contributed by atoms with E-state index in [-0.39, 0.29) is 17.3 Å². The van der Waals surface area contributed by atoms with Crippen molar-refractivity contribution in [2.45, 2.75) is 0 Å². The van der Waals surface area contributed by atoms with Crippen molar-refractivity contribution in [1.29, 1.82) is 0 Å². The van der Waals surface area contributed by atoms with Crippen molar-refractivity contribution in [3.8, 4) is 0 Å². The van der Waals surface area contributed by atoms with Gasteiger partial charge in [0.2, 0.25) is 6.41 Å². The Morgan fingerprint density at radius 3 is 2.67 bits per heavy atom. The smallest absolute Gasteiger partial charge is 0.348 e. The van der Waals surface area contributed by atoms with E-state index in [0.29, 0.717) is 6.41 Å². The molecule has 0 aliphatic rings. The van der Waals surface area contributed by atoms with E-state index in [9.17, 15) is 9.59 Å². The molecule has 7 nitrogen and oxygen atoms in total. The summed E-state index contributed by atoms with van der Waals surface area (Å²) in [5.41, 5.74) is 10.1. The van der Waals surface area contributed by atoms with Gasteiger partial charge in [-0.1, -0.05) is 0 Å². The van der Waals surface area contributed by atoms with Crippen molar-refractivity contribution in [3.63, 3.8) is 0 Å². The number of nitrogens with one attached hydrogen (secondary N) is 2. The van der Waals surface area contributed by atoms with Gasteiger partial charge in [0.1, 0.15) is 11.5 Å². The summed E-state index contributed by atoms with van der Waals surface area (Å²) in [4.78, 5) is 26.1. The van der Waals surface area contributed by atoms with Gasteiger partial charge in [-0.15, -0.1) is 0 Å². The Morgan fingerprint density at radius 2 is 2.17 bits per heavy atom. The highest BCUT2D eigenvalue weighted by Crippen LogP contribution is 2.17. The number of anilines is 3. The molecular formula is C5H7N5O2. The SMILES string of the molecule is Nc1nc(=O)[nH]c(N)c1NC=O. The quantitative estimate of drug-likeness (QED) is 0.401. The molecular weight excluding hydrogens is 162 g/mol. The van der Waals surface area contributed by atoms with Crippen molar-refractivity contribution < 1.29 is 4.79 Å². The molecule has 1 aromatic heterocycles. The van der Waals surface area contributed by atoms with Crippen LogP contribution in [0.5, 0.6) is 0 Å². The van der Waals surface area contributed by atoms with Crippen molar-refractivity contribution in [2.75, 3.05) is 16.8 Å². The molecule has 1 heterocycles. The van der Waals surface area contributed by atoms with Crippen LogP contribution in [-0.2, 0) is 4.79 Å². The summed E-state index contributed by atoms with van der Waals surface area (Å²) >= 11 is 0. The van der Waals surface area contributed by atoms with Crippen LogP contribution in [0.2, 0.25) is 0 Å². The number of nitrogens with zero attached hydrogens (tertiary/aromatic N) is 1. The lowest BCUT2D eigenvalue weighted by Gasteiger charge is -2.03. The maximum atomic E-state index is 10.6. The molecule has 0 saturated heterocycles. The Labute approximate surface area is 66.8 Å². The number of aromatic nitrogens is 2. The third-order valence-corrected chi connectivity index (χ3v) is 1.19. The Kier molecular flexibility index (Phi) is 1.95. The lowest BCUT2D eigenvalue weighted by atomic mass is 10.4. The minimum atomic E-state index is -0.651. The summed E-state index contributed by atoms with van der Waals surface area (Å²) < 4.78 is 0. The van der Waals surface area contributed by atoms with Crippen LogP contribution in [0, 0.1) is 0 Å². The molecule has 7 heteroatoms. The molecule has 1 amide bonds. The average Bonchev–Trinajstić information content (AvgIpc) is 1.96. The number of nitrogen functional groups attached to an aromatic ring is 2. The third kappa shape index (κ3) is 1.34. The zero-order valence-corrected chi connectivity index (χ0v) is 6.00. The first-order valence-corrected chi connectivity index (χ1v) is 3.00. The second kappa shape index (κ2) is 2.91. The molecule has 0 aromatic carbocycles. The molecule has 0 saturated carbocycles. The fourth-order valence-electron chi connectivity index (χ4n) is 0.720. The topological polar surface area (TPSA) is 127 Å². The normalized spacial score (nSPS) is 9.33. The van der Waals surface area contributed by atoms with Gasteiger partial charge >= 0.3 is 5.69 Å². The van der Waals surface area contributed by atoms with Gasteiger partial charge in [-0.05, 0) is 0 Å². The van der Waals surface area contributed by atoms with Gasteiger partial charge in [0.25, 0.3) is 0 Å². The van der Waals surface area contributed by atoms with Crippen molar-refractivity contribution in [1.82, 2.24) is 9.97 Å². The highest BCUT2D eigenvalue weighted by atomic mass is 16.1. The van der Waals surface area contributed by atoms with Gasteiger partial charge in [0.15, 0.2) is 5.82 Å². The molecule has 0 aliphatic heterocycles. The summed E-state index contributed by atoms with van der Waals surface area (Å²) in [5.74, 6) is -0.122. The van der Waals surface area contributed by atoms with Gasteiger partial charge in [-0.25, -0.2) is 4.79 Å². The van der Waals surface area contributed by atoms with Gasteiger partial charge in [0, 0.05) is 0 Å². The molecule has 1 aromatic rings. The van der Waals surface area contributed by atoms with Crippen LogP contribution in [0.4, 0.5) is 17.3 Å². The number of aromatic amines is 1. The number of hydrogen-bond donors (Lipinski definition) is 4. The lowest BCUT2D eigenvalue weighted by molar-refractivity contribution is -0.105. The van der Waals surface area contributed by atoms with E-state index < -0.39 is 5.69 Å². The molecule has 0 unspecified atom stereocenters. The van der Waals surface area contributed by atoms with Crippen LogP contribution in [-0.4, -0.2) is 16.4 Å². The van der Waals surface area contributed by atoms with Gasteiger partial charge in [-0.2, -0.15) is 4.98 Å². The average molecular weight is 169 g/mol. The van der Waals surface area contributed by atoms with Gasteiger partial charge in [0.05, 0.1) is 0 Å². The number of rotatable bonds is 2. The zero-order valence-electron chi connectivity index (χ0n) is 6.00. The highest BCUT2D eigenvalue weighted by Gasteiger charge is 2.05. The first-order valence-electron chi connectivity index (χ1n) is 3.00. The zero-order chi connectivity index (χ0) is 9.14. The minimum absolute atomic E-state index is 0.0143. The first-order chi connectivity index (χ1) is 5.65. The molecule has 0 bridgehead atoms. The Morgan fingerprint density at radius 1 is 1.50 bits per heavy atom. The molecule has 0 aliphatic carbocycles. The number of H-pyrrole nitrogens is 1. The molecule has 0 atom stereocenters. The van der Waals surface area contributed by atoms with E-state index in [0.717, 1.165) is 0 Å². The van der Waals surface area contributed by atoms with Gasteiger partial charge < -0.3 is 16.8 Å². The van der Waals surface area contributed by atoms with Crippen LogP contribution in [0.15, 0.2) is 4.79 Å². The van der Waals surface area contributed by atoms with E-state index in [4.69, 9.17) is 11.5 Å². The van der Waals surface area contributed by atoms with Crippen LogP contribution in [0.1, 0.15) is 0 Å². The van der Waals surface area contributed by atoms with Crippen LogP contribution in [0.25, 0.3) is 0 Å². The molecule has 6 N–H and O–H groups in total. The molecule has 64 valence electrons. The molecule has 12 heavy (non-hydrogen) atoms. The standard InChI is InChI=1S/C5H7N5O2/c6-3-2(8-1-11)4(7)10-5(12)9-3/h1H,(H,8,11)(H5,6,7,9,10,12).